The van der Waals surface area contributed by atoms with Crippen molar-refractivity contribution in [2.75, 3.05) is 18.0 Å². The minimum Gasteiger partial charge on any atom is -0.438 e. The van der Waals surface area contributed by atoms with Crippen LogP contribution in [0.3, 0.4) is 0 Å². The number of aromatic nitrogens is 3. The van der Waals surface area contributed by atoms with E-state index in [0.717, 1.165) is 37.3 Å². The van der Waals surface area contributed by atoms with Gasteiger partial charge >= 0.3 is 0 Å². The van der Waals surface area contributed by atoms with Crippen molar-refractivity contribution in [2.24, 2.45) is 0 Å². The molecule has 1 saturated carbocycles. The first-order chi connectivity index (χ1) is 11.7. The summed E-state index contributed by atoms with van der Waals surface area (Å²) in [5.74, 6) is 1.19. The van der Waals surface area contributed by atoms with Crippen molar-refractivity contribution >= 4 is 11.7 Å². The summed E-state index contributed by atoms with van der Waals surface area (Å²) in [6, 6.07) is 2.12. The summed E-state index contributed by atoms with van der Waals surface area (Å²) in [4.78, 5) is 26.4. The van der Waals surface area contributed by atoms with E-state index in [1.54, 1.807) is 6.33 Å². The maximum atomic E-state index is 11.9. The van der Waals surface area contributed by atoms with E-state index < -0.39 is 0 Å². The molecule has 0 radical (unpaired) electrons. The Labute approximate surface area is 138 Å². The smallest absolute Gasteiger partial charge is 0.288 e. The quantitative estimate of drug-likeness (QED) is 0.851. The Morgan fingerprint density at radius 3 is 2.96 bits per heavy atom. The SMILES string of the molecule is O=C(NC1CC(c2cc(N3CC[C@H](O)C3)ncn2)C1)c1cnco1. The second kappa shape index (κ2) is 6.20. The first kappa shape index (κ1) is 15.1. The Balaban J connectivity index is 1.34. The molecule has 1 amide bonds. The predicted molar refractivity (Wildman–Crippen MR) is 84.6 cm³/mol. The fourth-order valence-corrected chi connectivity index (χ4v) is 3.27. The minimum atomic E-state index is -0.275. The van der Waals surface area contributed by atoms with Gasteiger partial charge in [-0.2, -0.15) is 0 Å². The van der Waals surface area contributed by atoms with Gasteiger partial charge in [-0.25, -0.2) is 15.0 Å². The van der Waals surface area contributed by atoms with E-state index in [0.29, 0.717) is 12.5 Å². The van der Waals surface area contributed by atoms with Crippen LogP contribution in [0.25, 0.3) is 0 Å². The molecule has 24 heavy (non-hydrogen) atoms. The Bertz CT molecular complexity index is 714. The Morgan fingerprint density at radius 1 is 1.38 bits per heavy atom. The van der Waals surface area contributed by atoms with Gasteiger partial charge in [0.1, 0.15) is 12.1 Å². The van der Waals surface area contributed by atoms with Crippen LogP contribution in [-0.2, 0) is 0 Å². The number of nitrogens with zero attached hydrogens (tertiary/aromatic N) is 4. The van der Waals surface area contributed by atoms with Gasteiger partial charge in [-0.3, -0.25) is 4.79 Å². The summed E-state index contributed by atoms with van der Waals surface area (Å²) >= 11 is 0. The molecule has 1 aliphatic carbocycles. The molecule has 0 spiro atoms. The summed E-state index contributed by atoms with van der Waals surface area (Å²) in [6.07, 6.45) is 6.43. The summed E-state index contributed by atoms with van der Waals surface area (Å²) in [5.41, 5.74) is 0.992. The van der Waals surface area contributed by atoms with Gasteiger partial charge in [0.25, 0.3) is 5.91 Å². The average Bonchev–Trinajstić information content (AvgIpc) is 3.22. The van der Waals surface area contributed by atoms with E-state index in [1.807, 2.05) is 6.07 Å². The molecule has 2 aromatic heterocycles. The lowest BCUT2D eigenvalue weighted by molar-refractivity contribution is 0.0880. The third-order valence-corrected chi connectivity index (χ3v) is 4.71. The van der Waals surface area contributed by atoms with E-state index >= 15 is 0 Å². The van der Waals surface area contributed by atoms with Crippen molar-refractivity contribution in [3.63, 3.8) is 0 Å². The Hall–Kier alpha value is -2.48. The molecule has 1 aliphatic heterocycles. The van der Waals surface area contributed by atoms with Gasteiger partial charge in [-0.15, -0.1) is 0 Å². The van der Waals surface area contributed by atoms with E-state index in [-0.39, 0.29) is 23.8 Å². The number of oxazole rings is 1. The van der Waals surface area contributed by atoms with Crippen LogP contribution in [0.1, 0.15) is 41.4 Å². The van der Waals surface area contributed by atoms with Crippen molar-refractivity contribution in [2.45, 2.75) is 37.3 Å². The number of hydrogen-bond donors (Lipinski definition) is 2. The lowest BCUT2D eigenvalue weighted by atomic mass is 9.78. The molecule has 4 rings (SSSR count). The predicted octanol–water partition coefficient (Wildman–Crippen LogP) is 0.712. The molecule has 2 fully saturated rings. The number of aliphatic hydroxyl groups is 1. The van der Waals surface area contributed by atoms with Crippen LogP contribution in [-0.4, -0.2) is 51.2 Å². The molecule has 2 aliphatic rings. The summed E-state index contributed by atoms with van der Waals surface area (Å²) in [5, 5.41) is 12.6. The lowest BCUT2D eigenvalue weighted by Gasteiger charge is -2.35. The zero-order valence-corrected chi connectivity index (χ0v) is 13.1. The number of carbonyl (C=O) groups is 1. The molecule has 8 nitrogen and oxygen atoms in total. The molecule has 1 atom stereocenters. The molecule has 2 aromatic rings. The molecule has 1 saturated heterocycles. The third kappa shape index (κ3) is 2.96. The van der Waals surface area contributed by atoms with Crippen LogP contribution in [0.15, 0.2) is 29.4 Å². The van der Waals surface area contributed by atoms with Crippen LogP contribution in [0.2, 0.25) is 0 Å². The van der Waals surface area contributed by atoms with Crippen LogP contribution < -0.4 is 10.2 Å². The number of hydrogen-bond acceptors (Lipinski definition) is 7. The van der Waals surface area contributed by atoms with Crippen LogP contribution in [0.4, 0.5) is 5.82 Å². The highest BCUT2D eigenvalue weighted by atomic mass is 16.3. The molecule has 126 valence electrons. The highest BCUT2D eigenvalue weighted by molar-refractivity contribution is 5.91. The zero-order chi connectivity index (χ0) is 16.5. The van der Waals surface area contributed by atoms with Gasteiger partial charge in [0.05, 0.1) is 12.3 Å². The van der Waals surface area contributed by atoms with Crippen molar-refractivity contribution in [1.82, 2.24) is 20.3 Å². The monoisotopic (exact) mass is 329 g/mol. The Morgan fingerprint density at radius 2 is 2.25 bits per heavy atom. The van der Waals surface area contributed by atoms with Crippen molar-refractivity contribution in [3.05, 3.63) is 36.4 Å². The van der Waals surface area contributed by atoms with Crippen LogP contribution >= 0.6 is 0 Å². The van der Waals surface area contributed by atoms with E-state index in [1.165, 1.54) is 12.6 Å². The van der Waals surface area contributed by atoms with Crippen LogP contribution in [0.5, 0.6) is 0 Å². The number of rotatable bonds is 4. The number of carbonyl (C=O) groups excluding carboxylic acids is 1. The second-order valence-electron chi connectivity index (χ2n) is 6.39. The summed E-state index contributed by atoms with van der Waals surface area (Å²) in [7, 11) is 0. The van der Waals surface area contributed by atoms with E-state index in [9.17, 15) is 9.90 Å². The molecule has 3 heterocycles. The molecule has 0 bridgehead atoms. The van der Waals surface area contributed by atoms with E-state index in [4.69, 9.17) is 4.42 Å². The standard InChI is InChI=1S/C16H19N5O3/c22-12-1-2-21(7-12)15-5-13(18-8-19-15)10-3-11(4-10)20-16(23)14-6-17-9-24-14/h5-6,8-12,22H,1-4,7H2,(H,20,23)/t10?,11?,12-/m0/s1. The zero-order valence-electron chi connectivity index (χ0n) is 13.1. The van der Waals surface area contributed by atoms with Crippen molar-refractivity contribution in [1.29, 1.82) is 0 Å². The van der Waals surface area contributed by atoms with Crippen LogP contribution in [0, 0.1) is 0 Å². The summed E-state index contributed by atoms with van der Waals surface area (Å²) < 4.78 is 4.99. The fourth-order valence-electron chi connectivity index (χ4n) is 3.27. The number of amides is 1. The van der Waals surface area contributed by atoms with Crippen molar-refractivity contribution < 1.29 is 14.3 Å². The fraction of sp³-hybridized carbons (Fsp3) is 0.500. The van der Waals surface area contributed by atoms with Gasteiger partial charge in [-0.05, 0) is 19.3 Å². The van der Waals surface area contributed by atoms with Crippen molar-refractivity contribution in [3.8, 4) is 0 Å². The second-order valence-corrected chi connectivity index (χ2v) is 6.39. The topological polar surface area (TPSA) is 104 Å². The van der Waals surface area contributed by atoms with Gasteiger partial charge in [0, 0.05) is 36.8 Å². The third-order valence-electron chi connectivity index (χ3n) is 4.71. The summed E-state index contributed by atoms with van der Waals surface area (Å²) in [6.45, 7) is 1.44. The maximum Gasteiger partial charge on any atom is 0.288 e. The normalized spacial score (nSPS) is 26.2. The van der Waals surface area contributed by atoms with Gasteiger partial charge in [-0.1, -0.05) is 0 Å². The number of nitrogens with one attached hydrogen (secondary N) is 1. The maximum absolute atomic E-state index is 11.9. The Kier molecular flexibility index (Phi) is 3.89. The first-order valence-electron chi connectivity index (χ1n) is 8.13. The highest BCUT2D eigenvalue weighted by Gasteiger charge is 2.33. The molecule has 8 heteroatoms. The molecular formula is C16H19N5O3. The number of aliphatic hydroxyl groups excluding tert-OH is 1. The average molecular weight is 329 g/mol. The minimum absolute atomic E-state index is 0.125. The lowest BCUT2D eigenvalue weighted by Crippen LogP contribution is -2.43. The van der Waals surface area contributed by atoms with Gasteiger partial charge < -0.3 is 19.7 Å². The van der Waals surface area contributed by atoms with Gasteiger partial charge in [0.15, 0.2) is 6.39 Å². The first-order valence-corrected chi connectivity index (χ1v) is 8.13. The number of β-amino-alcohol motifs (C(OH)–C–C–N with tert-alkyl or cyclic N) is 1. The number of anilines is 1. The highest BCUT2D eigenvalue weighted by Crippen LogP contribution is 2.37. The largest absolute Gasteiger partial charge is 0.438 e. The molecule has 2 N–H and O–H groups in total. The molecule has 0 aromatic carbocycles. The molecular weight excluding hydrogens is 310 g/mol. The van der Waals surface area contributed by atoms with Gasteiger partial charge in [0.2, 0.25) is 5.76 Å². The molecule has 0 unspecified atom stereocenters. The van der Waals surface area contributed by atoms with E-state index in [2.05, 4.69) is 25.2 Å².